The molecule has 1 rings (SSSR count). The molecule has 26 heavy (non-hydrogen) atoms. The zero-order chi connectivity index (χ0) is 19.2. The average molecular weight is 361 g/mol. The Bertz CT molecular complexity index is 513. The highest BCUT2D eigenvalue weighted by Gasteiger charge is 2.13. The van der Waals surface area contributed by atoms with E-state index in [0.717, 1.165) is 30.7 Å². The SMILES string of the molecule is CC(C)CCCCCCCCCC(=O)N[C@@H](Cc1ccccc1)C(=O)[O-]. The van der Waals surface area contributed by atoms with Crippen molar-refractivity contribution in [3.8, 4) is 0 Å². The summed E-state index contributed by atoms with van der Waals surface area (Å²) < 4.78 is 0. The second-order valence-electron chi connectivity index (χ2n) is 7.54. The highest BCUT2D eigenvalue weighted by atomic mass is 16.4. The van der Waals surface area contributed by atoms with Crippen LogP contribution in [0.25, 0.3) is 0 Å². The molecule has 4 nitrogen and oxygen atoms in total. The van der Waals surface area contributed by atoms with Crippen LogP contribution in [0.1, 0.15) is 77.2 Å². The Morgan fingerprint density at radius 1 is 0.923 bits per heavy atom. The number of amides is 1. The van der Waals surface area contributed by atoms with Crippen LogP contribution in [-0.4, -0.2) is 17.9 Å². The highest BCUT2D eigenvalue weighted by Crippen LogP contribution is 2.12. The zero-order valence-electron chi connectivity index (χ0n) is 16.3. The Kier molecular flexibility index (Phi) is 11.4. The molecule has 0 saturated carbocycles. The van der Waals surface area contributed by atoms with Crippen molar-refractivity contribution in [3.63, 3.8) is 0 Å². The second kappa shape index (κ2) is 13.4. The number of carboxylic acids is 1. The molecular weight excluding hydrogens is 326 g/mol. The van der Waals surface area contributed by atoms with E-state index in [2.05, 4.69) is 19.2 Å². The van der Waals surface area contributed by atoms with E-state index in [4.69, 9.17) is 0 Å². The largest absolute Gasteiger partial charge is 0.548 e. The van der Waals surface area contributed by atoms with Gasteiger partial charge in [0.05, 0.1) is 12.0 Å². The van der Waals surface area contributed by atoms with Gasteiger partial charge < -0.3 is 15.2 Å². The van der Waals surface area contributed by atoms with Gasteiger partial charge in [-0.05, 0) is 24.3 Å². The maximum atomic E-state index is 12.0. The number of benzene rings is 1. The average Bonchev–Trinajstić information content (AvgIpc) is 2.60. The van der Waals surface area contributed by atoms with Gasteiger partial charge in [-0.2, -0.15) is 0 Å². The first-order valence-corrected chi connectivity index (χ1v) is 10.0. The number of carbonyl (C=O) groups excluding carboxylic acids is 2. The molecule has 146 valence electrons. The Balaban J connectivity index is 2.13. The zero-order valence-corrected chi connectivity index (χ0v) is 16.3. The number of aliphatic carboxylic acids is 1. The summed E-state index contributed by atoms with van der Waals surface area (Å²) in [5.74, 6) is -0.643. The third-order valence-corrected chi connectivity index (χ3v) is 4.59. The summed E-state index contributed by atoms with van der Waals surface area (Å²) in [4.78, 5) is 23.2. The molecule has 0 bridgehead atoms. The third-order valence-electron chi connectivity index (χ3n) is 4.59. The lowest BCUT2D eigenvalue weighted by Crippen LogP contribution is -2.49. The monoisotopic (exact) mass is 360 g/mol. The van der Waals surface area contributed by atoms with Crippen molar-refractivity contribution in [3.05, 3.63) is 35.9 Å². The minimum absolute atomic E-state index is 0.202. The van der Waals surface area contributed by atoms with Crippen molar-refractivity contribution in [2.24, 2.45) is 5.92 Å². The lowest BCUT2D eigenvalue weighted by Gasteiger charge is -2.20. The number of hydrogen-bond donors (Lipinski definition) is 1. The molecule has 0 aliphatic rings. The summed E-state index contributed by atoms with van der Waals surface area (Å²) in [6.07, 6.45) is 10.0. The molecule has 0 aliphatic carbocycles. The van der Waals surface area contributed by atoms with Gasteiger partial charge in [0.1, 0.15) is 0 Å². The normalized spacial score (nSPS) is 12.1. The van der Waals surface area contributed by atoms with Gasteiger partial charge in [0.15, 0.2) is 0 Å². The van der Waals surface area contributed by atoms with Crippen LogP contribution in [0.4, 0.5) is 0 Å². The van der Waals surface area contributed by atoms with Gasteiger partial charge in [0, 0.05) is 6.42 Å². The van der Waals surface area contributed by atoms with Gasteiger partial charge in [-0.15, -0.1) is 0 Å². The topological polar surface area (TPSA) is 69.2 Å². The molecule has 1 atom stereocenters. The fourth-order valence-electron chi connectivity index (χ4n) is 3.03. The quantitative estimate of drug-likeness (QED) is 0.515. The summed E-state index contributed by atoms with van der Waals surface area (Å²) in [7, 11) is 0. The van der Waals surface area contributed by atoms with Crippen molar-refractivity contribution in [2.45, 2.75) is 84.1 Å². The summed E-state index contributed by atoms with van der Waals surface area (Å²) in [6.45, 7) is 4.52. The van der Waals surface area contributed by atoms with Gasteiger partial charge in [0.25, 0.3) is 0 Å². The standard InChI is InChI=1S/C22H35NO3/c1-18(2)13-9-6-4-3-5-7-12-16-21(24)23-20(22(25)26)17-19-14-10-8-11-15-19/h8,10-11,14-15,18,20H,3-7,9,12-13,16-17H2,1-2H3,(H,23,24)(H,25,26)/p-1/t20-/m0/s1. The summed E-state index contributed by atoms with van der Waals surface area (Å²) >= 11 is 0. The van der Waals surface area contributed by atoms with Gasteiger partial charge in [-0.1, -0.05) is 89.1 Å². The molecule has 0 aliphatic heterocycles. The molecule has 1 amide bonds. The third kappa shape index (κ3) is 10.9. The number of carboxylic acid groups (broad SMARTS) is 1. The van der Waals surface area contributed by atoms with E-state index in [9.17, 15) is 14.7 Å². The highest BCUT2D eigenvalue weighted by molar-refractivity contribution is 5.82. The van der Waals surface area contributed by atoms with Crippen molar-refractivity contribution in [2.75, 3.05) is 0 Å². The van der Waals surface area contributed by atoms with E-state index in [-0.39, 0.29) is 12.3 Å². The number of unbranched alkanes of at least 4 members (excludes halogenated alkanes) is 6. The van der Waals surface area contributed by atoms with Gasteiger partial charge in [-0.3, -0.25) is 4.79 Å². The number of hydrogen-bond acceptors (Lipinski definition) is 3. The molecule has 0 radical (unpaired) electrons. The summed E-state index contributed by atoms with van der Waals surface area (Å²) in [6, 6.07) is 8.32. The first-order chi connectivity index (χ1) is 12.5. The Labute approximate surface area is 158 Å². The summed E-state index contributed by atoms with van der Waals surface area (Å²) in [5.41, 5.74) is 0.875. The van der Waals surface area contributed by atoms with E-state index in [1.165, 1.54) is 32.1 Å². The van der Waals surface area contributed by atoms with Gasteiger partial charge in [0.2, 0.25) is 5.91 Å². The molecule has 1 aromatic carbocycles. The number of rotatable bonds is 14. The predicted molar refractivity (Wildman–Crippen MR) is 103 cm³/mol. The van der Waals surface area contributed by atoms with Crippen LogP contribution < -0.4 is 10.4 Å². The lowest BCUT2D eigenvalue weighted by atomic mass is 10.0. The minimum atomic E-state index is -1.23. The Morgan fingerprint density at radius 2 is 1.50 bits per heavy atom. The molecule has 1 aromatic rings. The van der Waals surface area contributed by atoms with Crippen LogP contribution in [-0.2, 0) is 16.0 Å². The molecule has 4 heteroatoms. The number of nitrogens with one attached hydrogen (secondary N) is 1. The van der Waals surface area contributed by atoms with Crippen LogP contribution in [0.15, 0.2) is 30.3 Å². The molecule has 0 saturated heterocycles. The number of carbonyl (C=O) groups is 2. The first kappa shape index (κ1) is 22.2. The van der Waals surface area contributed by atoms with E-state index in [1.807, 2.05) is 30.3 Å². The molecule has 0 fully saturated rings. The smallest absolute Gasteiger partial charge is 0.220 e. The lowest BCUT2D eigenvalue weighted by molar-refractivity contribution is -0.308. The predicted octanol–water partition coefficient (Wildman–Crippen LogP) is 3.63. The molecule has 0 aromatic heterocycles. The Morgan fingerprint density at radius 3 is 2.08 bits per heavy atom. The first-order valence-electron chi connectivity index (χ1n) is 10.0. The minimum Gasteiger partial charge on any atom is -0.548 e. The molecule has 0 spiro atoms. The maximum Gasteiger partial charge on any atom is 0.220 e. The molecule has 1 N–H and O–H groups in total. The van der Waals surface area contributed by atoms with E-state index in [1.54, 1.807) is 0 Å². The van der Waals surface area contributed by atoms with E-state index < -0.39 is 12.0 Å². The van der Waals surface area contributed by atoms with Crippen LogP contribution in [0.5, 0.6) is 0 Å². The summed E-state index contributed by atoms with van der Waals surface area (Å²) in [5, 5.41) is 13.9. The van der Waals surface area contributed by atoms with Gasteiger partial charge in [-0.25, -0.2) is 0 Å². The van der Waals surface area contributed by atoms with Crippen LogP contribution in [0.3, 0.4) is 0 Å². The van der Waals surface area contributed by atoms with E-state index >= 15 is 0 Å². The van der Waals surface area contributed by atoms with Crippen molar-refractivity contribution in [1.82, 2.24) is 5.32 Å². The van der Waals surface area contributed by atoms with Crippen LogP contribution in [0, 0.1) is 5.92 Å². The van der Waals surface area contributed by atoms with Crippen molar-refractivity contribution < 1.29 is 14.7 Å². The Hall–Kier alpha value is -1.84. The fraction of sp³-hybridized carbons (Fsp3) is 0.636. The fourth-order valence-corrected chi connectivity index (χ4v) is 3.03. The molecule has 0 heterocycles. The van der Waals surface area contributed by atoms with Crippen LogP contribution in [0.2, 0.25) is 0 Å². The second-order valence-corrected chi connectivity index (χ2v) is 7.54. The molecule has 0 unspecified atom stereocenters. The molecular formula is C22H34NO3-. The van der Waals surface area contributed by atoms with Gasteiger partial charge >= 0.3 is 0 Å². The maximum absolute atomic E-state index is 12.0. The van der Waals surface area contributed by atoms with Crippen molar-refractivity contribution in [1.29, 1.82) is 0 Å². The van der Waals surface area contributed by atoms with Crippen LogP contribution >= 0.6 is 0 Å². The van der Waals surface area contributed by atoms with E-state index in [0.29, 0.717) is 6.42 Å². The van der Waals surface area contributed by atoms with Crippen molar-refractivity contribution >= 4 is 11.9 Å².